The SMILES string of the molecule is CCCCCCCCCCCCCCC(=O)OC[C@@H](COC(=O)CCCCCCCCCCCCCCC(C)C)OC(=O)CCCCCCCCC(C)C. The van der Waals surface area contributed by atoms with E-state index in [0.717, 1.165) is 69.6 Å². The standard InChI is InChI=1S/C48H92O6/c1-6-7-8-9-10-11-12-16-19-22-28-33-38-46(49)52-41-45(54-48(51)40-35-30-25-24-27-32-37-44(4)5)42-53-47(50)39-34-29-23-20-17-14-13-15-18-21-26-31-36-43(2)3/h43-45H,6-42H2,1-5H3/t45-/m0/s1. The predicted octanol–water partition coefficient (Wildman–Crippen LogP) is 15.0. The maximum atomic E-state index is 12.7. The summed E-state index contributed by atoms with van der Waals surface area (Å²) in [5, 5.41) is 0. The first-order valence-electron chi connectivity index (χ1n) is 23.7. The molecule has 54 heavy (non-hydrogen) atoms. The molecule has 0 rings (SSSR count). The molecule has 0 saturated carbocycles. The number of hydrogen-bond acceptors (Lipinski definition) is 6. The molecular formula is C48H92O6. The molecule has 0 aliphatic rings. The second kappa shape index (κ2) is 41.1. The highest BCUT2D eigenvalue weighted by Gasteiger charge is 2.19. The molecule has 0 radical (unpaired) electrons. The number of esters is 3. The zero-order valence-electron chi connectivity index (χ0n) is 36.8. The van der Waals surface area contributed by atoms with Gasteiger partial charge in [0.1, 0.15) is 13.2 Å². The lowest BCUT2D eigenvalue weighted by molar-refractivity contribution is -0.167. The monoisotopic (exact) mass is 765 g/mol. The first-order valence-corrected chi connectivity index (χ1v) is 23.7. The van der Waals surface area contributed by atoms with Crippen LogP contribution in [0.15, 0.2) is 0 Å². The van der Waals surface area contributed by atoms with Gasteiger partial charge in [0.25, 0.3) is 0 Å². The fourth-order valence-corrected chi connectivity index (χ4v) is 7.11. The molecule has 1 atom stereocenters. The Morgan fingerprint density at radius 2 is 0.611 bits per heavy atom. The van der Waals surface area contributed by atoms with Crippen molar-refractivity contribution in [2.75, 3.05) is 13.2 Å². The van der Waals surface area contributed by atoms with Crippen molar-refractivity contribution in [3.05, 3.63) is 0 Å². The van der Waals surface area contributed by atoms with E-state index < -0.39 is 6.10 Å². The lowest BCUT2D eigenvalue weighted by Gasteiger charge is -2.18. The number of carbonyl (C=O) groups is 3. The molecule has 0 aliphatic carbocycles. The van der Waals surface area contributed by atoms with E-state index in [2.05, 4.69) is 34.6 Å². The second-order valence-corrected chi connectivity index (χ2v) is 17.3. The van der Waals surface area contributed by atoms with Crippen molar-refractivity contribution in [1.29, 1.82) is 0 Å². The van der Waals surface area contributed by atoms with Crippen molar-refractivity contribution in [3.63, 3.8) is 0 Å². The molecule has 0 fully saturated rings. The van der Waals surface area contributed by atoms with E-state index >= 15 is 0 Å². The van der Waals surface area contributed by atoms with Crippen molar-refractivity contribution in [2.45, 2.75) is 265 Å². The molecule has 0 amide bonds. The quantitative estimate of drug-likeness (QED) is 0.0350. The van der Waals surface area contributed by atoms with Gasteiger partial charge in [-0.15, -0.1) is 0 Å². The summed E-state index contributed by atoms with van der Waals surface area (Å²) in [5.41, 5.74) is 0. The van der Waals surface area contributed by atoms with E-state index in [0.29, 0.717) is 19.3 Å². The highest BCUT2D eigenvalue weighted by Crippen LogP contribution is 2.17. The normalized spacial score (nSPS) is 12.1. The van der Waals surface area contributed by atoms with Gasteiger partial charge in [0.05, 0.1) is 0 Å². The molecule has 0 saturated heterocycles. The maximum Gasteiger partial charge on any atom is 0.306 e. The molecule has 0 heterocycles. The zero-order chi connectivity index (χ0) is 39.7. The third-order valence-corrected chi connectivity index (χ3v) is 10.7. The largest absolute Gasteiger partial charge is 0.462 e. The van der Waals surface area contributed by atoms with Crippen LogP contribution in [0, 0.1) is 11.8 Å². The predicted molar refractivity (Wildman–Crippen MR) is 229 cm³/mol. The molecule has 0 bridgehead atoms. The minimum atomic E-state index is -0.761. The number of rotatable bonds is 42. The Morgan fingerprint density at radius 3 is 0.907 bits per heavy atom. The van der Waals surface area contributed by atoms with E-state index in [9.17, 15) is 14.4 Å². The van der Waals surface area contributed by atoms with Crippen LogP contribution in [0.4, 0.5) is 0 Å². The van der Waals surface area contributed by atoms with Crippen LogP contribution in [0.3, 0.4) is 0 Å². The van der Waals surface area contributed by atoms with Gasteiger partial charge in [0, 0.05) is 19.3 Å². The van der Waals surface area contributed by atoms with Gasteiger partial charge in [-0.3, -0.25) is 14.4 Å². The summed E-state index contributed by atoms with van der Waals surface area (Å²) in [6.07, 6.45) is 39.6. The molecule has 320 valence electrons. The minimum Gasteiger partial charge on any atom is -0.462 e. The molecule has 0 aromatic rings. The van der Waals surface area contributed by atoms with Crippen LogP contribution in [0.5, 0.6) is 0 Å². The van der Waals surface area contributed by atoms with Crippen LogP contribution >= 0.6 is 0 Å². The summed E-state index contributed by atoms with van der Waals surface area (Å²) in [6, 6.07) is 0. The lowest BCUT2D eigenvalue weighted by Crippen LogP contribution is -2.30. The molecule has 0 aliphatic heterocycles. The van der Waals surface area contributed by atoms with Crippen LogP contribution in [0.25, 0.3) is 0 Å². The molecule has 0 unspecified atom stereocenters. The summed E-state index contributed by atoms with van der Waals surface area (Å²) in [7, 11) is 0. The van der Waals surface area contributed by atoms with Crippen LogP contribution in [0.1, 0.15) is 259 Å². The minimum absolute atomic E-state index is 0.0654. The van der Waals surface area contributed by atoms with Crippen LogP contribution in [-0.2, 0) is 28.6 Å². The van der Waals surface area contributed by atoms with Crippen LogP contribution in [-0.4, -0.2) is 37.2 Å². The fraction of sp³-hybridized carbons (Fsp3) is 0.938. The Labute approximate surface area is 336 Å². The summed E-state index contributed by atoms with van der Waals surface area (Å²) < 4.78 is 16.7. The Bertz CT molecular complexity index is 824. The van der Waals surface area contributed by atoms with Gasteiger partial charge in [0.2, 0.25) is 0 Å². The van der Waals surface area contributed by atoms with Gasteiger partial charge in [-0.05, 0) is 31.1 Å². The average Bonchev–Trinajstić information content (AvgIpc) is 3.14. The number of ether oxygens (including phenoxy) is 3. The Kier molecular flexibility index (Phi) is 39.8. The number of hydrogen-bond donors (Lipinski definition) is 0. The van der Waals surface area contributed by atoms with Gasteiger partial charge >= 0.3 is 17.9 Å². The Balaban J connectivity index is 4.28. The van der Waals surface area contributed by atoms with E-state index in [-0.39, 0.29) is 31.1 Å². The molecule has 0 N–H and O–H groups in total. The zero-order valence-corrected chi connectivity index (χ0v) is 36.8. The molecule has 6 heteroatoms. The van der Waals surface area contributed by atoms with Crippen molar-refractivity contribution in [3.8, 4) is 0 Å². The van der Waals surface area contributed by atoms with Crippen molar-refractivity contribution < 1.29 is 28.6 Å². The van der Waals surface area contributed by atoms with Gasteiger partial charge in [-0.2, -0.15) is 0 Å². The third kappa shape index (κ3) is 41.6. The van der Waals surface area contributed by atoms with Crippen molar-refractivity contribution in [1.82, 2.24) is 0 Å². The molecular weight excluding hydrogens is 673 g/mol. The average molecular weight is 765 g/mol. The Hall–Kier alpha value is -1.59. The summed E-state index contributed by atoms with van der Waals surface area (Å²) >= 11 is 0. The number of carbonyl (C=O) groups excluding carboxylic acids is 3. The molecule has 6 nitrogen and oxygen atoms in total. The maximum absolute atomic E-state index is 12.7. The first kappa shape index (κ1) is 52.4. The first-order chi connectivity index (χ1) is 26.2. The third-order valence-electron chi connectivity index (χ3n) is 10.7. The van der Waals surface area contributed by atoms with Gasteiger partial charge < -0.3 is 14.2 Å². The molecule has 0 aromatic carbocycles. The van der Waals surface area contributed by atoms with Crippen molar-refractivity contribution in [2.24, 2.45) is 11.8 Å². The number of unbranched alkanes of at least 4 members (excludes halogenated alkanes) is 27. The smallest absolute Gasteiger partial charge is 0.306 e. The lowest BCUT2D eigenvalue weighted by atomic mass is 10.0. The van der Waals surface area contributed by atoms with Crippen LogP contribution < -0.4 is 0 Å². The molecule has 0 spiro atoms. The summed E-state index contributed by atoms with van der Waals surface area (Å²) in [5.74, 6) is 0.733. The van der Waals surface area contributed by atoms with Crippen molar-refractivity contribution >= 4 is 17.9 Å². The highest BCUT2D eigenvalue weighted by atomic mass is 16.6. The summed E-state index contributed by atoms with van der Waals surface area (Å²) in [6.45, 7) is 11.3. The van der Waals surface area contributed by atoms with Gasteiger partial charge in [-0.1, -0.05) is 221 Å². The Morgan fingerprint density at radius 1 is 0.352 bits per heavy atom. The van der Waals surface area contributed by atoms with Crippen LogP contribution in [0.2, 0.25) is 0 Å². The van der Waals surface area contributed by atoms with E-state index in [4.69, 9.17) is 14.2 Å². The van der Waals surface area contributed by atoms with E-state index in [1.54, 1.807) is 0 Å². The summed E-state index contributed by atoms with van der Waals surface area (Å²) in [4.78, 5) is 37.7. The van der Waals surface area contributed by atoms with Gasteiger partial charge in [-0.25, -0.2) is 0 Å². The fourth-order valence-electron chi connectivity index (χ4n) is 7.11. The topological polar surface area (TPSA) is 78.9 Å². The van der Waals surface area contributed by atoms with E-state index in [1.165, 1.54) is 148 Å². The van der Waals surface area contributed by atoms with Gasteiger partial charge in [0.15, 0.2) is 6.10 Å². The highest BCUT2D eigenvalue weighted by molar-refractivity contribution is 5.71. The second-order valence-electron chi connectivity index (χ2n) is 17.3. The van der Waals surface area contributed by atoms with E-state index in [1.807, 2.05) is 0 Å². The molecule has 0 aromatic heterocycles.